The molecule has 1 N–H and O–H groups in total. The van der Waals surface area contributed by atoms with E-state index in [1.807, 2.05) is 36.4 Å². The minimum absolute atomic E-state index is 0.178. The number of carbonyl (C=O) groups is 1. The third-order valence-corrected chi connectivity index (χ3v) is 3.54. The lowest BCUT2D eigenvalue weighted by molar-refractivity contribution is 0.102. The number of ether oxygens (including phenoxy) is 1. The van der Waals surface area contributed by atoms with E-state index in [2.05, 4.69) is 24.1 Å². The van der Waals surface area contributed by atoms with E-state index in [0.29, 0.717) is 35.3 Å². The largest absolute Gasteiger partial charge is 0.493 e. The number of anilines is 1. The van der Waals surface area contributed by atoms with Gasteiger partial charge in [-0.3, -0.25) is 4.79 Å². The van der Waals surface area contributed by atoms with Gasteiger partial charge in [0.15, 0.2) is 12.2 Å². The van der Waals surface area contributed by atoms with Crippen LogP contribution in [0.5, 0.6) is 5.75 Å². The number of hydrogen-bond acceptors (Lipinski definition) is 4. The van der Waals surface area contributed by atoms with Gasteiger partial charge in [0, 0.05) is 16.8 Å². The summed E-state index contributed by atoms with van der Waals surface area (Å²) in [5, 5.41) is 2.88. The van der Waals surface area contributed by atoms with Gasteiger partial charge in [0.1, 0.15) is 5.75 Å². The second-order valence-electron chi connectivity index (χ2n) is 6.13. The van der Waals surface area contributed by atoms with Gasteiger partial charge in [-0.25, -0.2) is 4.98 Å². The van der Waals surface area contributed by atoms with E-state index in [4.69, 9.17) is 9.15 Å². The highest BCUT2D eigenvalue weighted by atomic mass is 16.5. The molecule has 0 radical (unpaired) electrons. The molecular weight excluding hydrogens is 316 g/mol. The number of hydrogen-bond donors (Lipinski definition) is 1. The molecule has 1 amide bonds. The predicted octanol–water partition coefficient (Wildman–Crippen LogP) is 4.63. The summed E-state index contributed by atoms with van der Waals surface area (Å²) in [4.78, 5) is 16.3. The molecule has 0 saturated heterocycles. The first-order valence-corrected chi connectivity index (χ1v) is 8.15. The first-order chi connectivity index (χ1) is 12.1. The van der Waals surface area contributed by atoms with Crippen molar-refractivity contribution in [2.75, 3.05) is 11.9 Å². The Balaban J connectivity index is 1.66. The SMILES string of the molecule is CC(C)COc1cccc(C(=O)Nc2ccc(-c3cnco3)cc2)c1. The van der Waals surface area contributed by atoms with Gasteiger partial charge < -0.3 is 14.5 Å². The summed E-state index contributed by atoms with van der Waals surface area (Å²) in [6, 6.07) is 14.6. The highest BCUT2D eigenvalue weighted by molar-refractivity contribution is 6.04. The Bertz CT molecular complexity index is 824. The Morgan fingerprint density at radius 2 is 2.00 bits per heavy atom. The van der Waals surface area contributed by atoms with Crippen LogP contribution in [0.4, 0.5) is 5.69 Å². The fraction of sp³-hybridized carbons (Fsp3) is 0.200. The van der Waals surface area contributed by atoms with Crippen LogP contribution in [0.1, 0.15) is 24.2 Å². The monoisotopic (exact) mass is 336 g/mol. The van der Waals surface area contributed by atoms with Crippen molar-refractivity contribution < 1.29 is 13.9 Å². The van der Waals surface area contributed by atoms with Crippen LogP contribution in [-0.2, 0) is 0 Å². The van der Waals surface area contributed by atoms with Crippen molar-refractivity contribution in [1.82, 2.24) is 4.98 Å². The summed E-state index contributed by atoms with van der Waals surface area (Å²) in [6.07, 6.45) is 3.04. The quantitative estimate of drug-likeness (QED) is 0.713. The lowest BCUT2D eigenvalue weighted by atomic mass is 10.1. The molecule has 1 heterocycles. The number of rotatable bonds is 6. The lowest BCUT2D eigenvalue weighted by Gasteiger charge is -2.10. The molecule has 128 valence electrons. The third-order valence-electron chi connectivity index (χ3n) is 3.54. The molecule has 0 aliphatic rings. The second-order valence-corrected chi connectivity index (χ2v) is 6.13. The normalized spacial score (nSPS) is 10.7. The Hall–Kier alpha value is -3.08. The van der Waals surface area contributed by atoms with Gasteiger partial charge in [-0.1, -0.05) is 19.9 Å². The Kier molecular flexibility index (Phi) is 5.14. The number of amides is 1. The zero-order valence-corrected chi connectivity index (χ0v) is 14.2. The Morgan fingerprint density at radius 3 is 2.68 bits per heavy atom. The summed E-state index contributed by atoms with van der Waals surface area (Å²) in [7, 11) is 0. The van der Waals surface area contributed by atoms with Gasteiger partial charge in [-0.05, 0) is 48.4 Å². The van der Waals surface area contributed by atoms with Gasteiger partial charge >= 0.3 is 0 Å². The van der Waals surface area contributed by atoms with Gasteiger partial charge in [0.25, 0.3) is 5.91 Å². The fourth-order valence-electron chi connectivity index (χ4n) is 2.27. The zero-order chi connectivity index (χ0) is 17.6. The van der Waals surface area contributed by atoms with Gasteiger partial charge in [0.2, 0.25) is 0 Å². The number of oxazole rings is 1. The molecule has 2 aromatic carbocycles. The summed E-state index contributed by atoms with van der Waals surface area (Å²) >= 11 is 0. The topological polar surface area (TPSA) is 64.4 Å². The Labute approximate surface area is 146 Å². The molecule has 3 aromatic rings. The summed E-state index contributed by atoms with van der Waals surface area (Å²) in [5.41, 5.74) is 2.17. The molecule has 25 heavy (non-hydrogen) atoms. The van der Waals surface area contributed by atoms with Crippen molar-refractivity contribution >= 4 is 11.6 Å². The van der Waals surface area contributed by atoms with Crippen LogP contribution in [0.3, 0.4) is 0 Å². The van der Waals surface area contributed by atoms with Crippen molar-refractivity contribution in [2.24, 2.45) is 5.92 Å². The predicted molar refractivity (Wildman–Crippen MR) is 96.7 cm³/mol. The highest BCUT2D eigenvalue weighted by Crippen LogP contribution is 2.21. The average molecular weight is 336 g/mol. The van der Waals surface area contributed by atoms with Crippen LogP contribution in [0.25, 0.3) is 11.3 Å². The maximum absolute atomic E-state index is 12.4. The van der Waals surface area contributed by atoms with Gasteiger partial charge in [-0.15, -0.1) is 0 Å². The van der Waals surface area contributed by atoms with Crippen LogP contribution >= 0.6 is 0 Å². The van der Waals surface area contributed by atoms with Crippen molar-refractivity contribution in [2.45, 2.75) is 13.8 Å². The molecule has 0 unspecified atom stereocenters. The number of aromatic nitrogens is 1. The molecule has 0 aliphatic heterocycles. The highest BCUT2D eigenvalue weighted by Gasteiger charge is 2.08. The molecule has 0 aliphatic carbocycles. The minimum Gasteiger partial charge on any atom is -0.493 e. The molecule has 0 bridgehead atoms. The van der Waals surface area contributed by atoms with E-state index in [1.165, 1.54) is 6.39 Å². The zero-order valence-electron chi connectivity index (χ0n) is 14.2. The number of benzene rings is 2. The number of carbonyl (C=O) groups excluding carboxylic acids is 1. The first-order valence-electron chi connectivity index (χ1n) is 8.15. The summed E-state index contributed by atoms with van der Waals surface area (Å²) in [5.74, 6) is 1.64. The van der Waals surface area contributed by atoms with Crippen LogP contribution in [0.15, 0.2) is 65.5 Å². The van der Waals surface area contributed by atoms with Crippen LogP contribution in [0.2, 0.25) is 0 Å². The summed E-state index contributed by atoms with van der Waals surface area (Å²) < 4.78 is 10.9. The molecule has 0 fully saturated rings. The molecule has 0 atom stereocenters. The van der Waals surface area contributed by atoms with E-state index in [1.54, 1.807) is 18.3 Å². The third kappa shape index (κ3) is 4.47. The average Bonchev–Trinajstić information content (AvgIpc) is 3.15. The molecule has 5 nitrogen and oxygen atoms in total. The van der Waals surface area contributed by atoms with E-state index >= 15 is 0 Å². The van der Waals surface area contributed by atoms with E-state index in [9.17, 15) is 4.79 Å². The van der Waals surface area contributed by atoms with Crippen molar-refractivity contribution in [3.63, 3.8) is 0 Å². The molecule has 0 saturated carbocycles. The van der Waals surface area contributed by atoms with Crippen LogP contribution in [0, 0.1) is 5.92 Å². The minimum atomic E-state index is -0.178. The maximum atomic E-state index is 12.4. The first kappa shape index (κ1) is 16.8. The maximum Gasteiger partial charge on any atom is 0.255 e. The van der Waals surface area contributed by atoms with E-state index in [0.717, 1.165) is 5.56 Å². The van der Waals surface area contributed by atoms with Crippen molar-refractivity contribution in [3.8, 4) is 17.1 Å². The molecular formula is C20H20N2O3. The number of nitrogens with one attached hydrogen (secondary N) is 1. The fourth-order valence-corrected chi connectivity index (χ4v) is 2.27. The Morgan fingerprint density at radius 1 is 1.20 bits per heavy atom. The van der Waals surface area contributed by atoms with Crippen molar-refractivity contribution in [3.05, 3.63) is 66.7 Å². The lowest BCUT2D eigenvalue weighted by Crippen LogP contribution is -2.12. The van der Waals surface area contributed by atoms with Crippen LogP contribution < -0.4 is 10.1 Å². The number of nitrogens with zero attached hydrogens (tertiary/aromatic N) is 1. The molecule has 5 heteroatoms. The summed E-state index contributed by atoms with van der Waals surface area (Å²) in [6.45, 7) is 4.78. The smallest absolute Gasteiger partial charge is 0.255 e. The van der Waals surface area contributed by atoms with E-state index < -0.39 is 0 Å². The molecule has 3 rings (SSSR count). The molecule has 0 spiro atoms. The van der Waals surface area contributed by atoms with E-state index in [-0.39, 0.29) is 5.91 Å². The second kappa shape index (κ2) is 7.66. The van der Waals surface area contributed by atoms with Gasteiger partial charge in [0.05, 0.1) is 12.8 Å². The van der Waals surface area contributed by atoms with Gasteiger partial charge in [-0.2, -0.15) is 0 Å². The molecule has 1 aromatic heterocycles. The standard InChI is InChI=1S/C20H20N2O3/c1-14(2)12-24-18-5-3-4-16(10-18)20(23)22-17-8-6-15(7-9-17)19-11-21-13-25-19/h3-11,13-14H,12H2,1-2H3,(H,22,23). The van der Waals surface area contributed by atoms with Crippen LogP contribution in [-0.4, -0.2) is 17.5 Å². The van der Waals surface area contributed by atoms with Crippen molar-refractivity contribution in [1.29, 1.82) is 0 Å².